The van der Waals surface area contributed by atoms with Crippen molar-refractivity contribution < 1.29 is 13.2 Å². The molecule has 1 unspecified atom stereocenters. The van der Waals surface area contributed by atoms with E-state index in [0.29, 0.717) is 0 Å². The van der Waals surface area contributed by atoms with Crippen molar-refractivity contribution >= 4 is 15.7 Å². The summed E-state index contributed by atoms with van der Waals surface area (Å²) in [5.41, 5.74) is 2.39. The van der Waals surface area contributed by atoms with E-state index < -0.39 is 15.6 Å². The molecule has 0 radical (unpaired) electrons. The van der Waals surface area contributed by atoms with Gasteiger partial charge in [-0.1, -0.05) is 44.5 Å². The lowest BCUT2D eigenvalue weighted by Crippen LogP contribution is -2.35. The van der Waals surface area contributed by atoms with Crippen molar-refractivity contribution in [1.82, 2.24) is 5.32 Å². The summed E-state index contributed by atoms with van der Waals surface area (Å²) in [4.78, 5) is 12.1. The monoisotopic (exact) mass is 323 g/mol. The van der Waals surface area contributed by atoms with Gasteiger partial charge in [0.2, 0.25) is 5.91 Å². The number of carbonyl (C=O) groups excluding carboxylic acids is 1. The number of aryl methyl sites for hydroxylation is 1. The van der Waals surface area contributed by atoms with E-state index in [1.165, 1.54) is 5.56 Å². The molecule has 0 spiro atoms. The molecule has 4 nitrogen and oxygen atoms in total. The lowest BCUT2D eigenvalue weighted by atomic mass is 9.99. The van der Waals surface area contributed by atoms with Crippen LogP contribution in [0.4, 0.5) is 0 Å². The van der Waals surface area contributed by atoms with Gasteiger partial charge in [0.15, 0.2) is 9.84 Å². The fraction of sp³-hybridized carbons (Fsp3) is 0.588. The highest BCUT2D eigenvalue weighted by Gasteiger charge is 2.23. The Hall–Kier alpha value is -1.36. The van der Waals surface area contributed by atoms with Crippen molar-refractivity contribution in [3.63, 3.8) is 0 Å². The van der Waals surface area contributed by atoms with Crippen LogP contribution in [0.25, 0.3) is 0 Å². The normalized spacial score (nSPS) is 18.6. The molecule has 0 saturated heterocycles. The largest absolute Gasteiger partial charge is 0.348 e. The zero-order chi connectivity index (χ0) is 16.2. The molecule has 0 heterocycles. The van der Waals surface area contributed by atoms with Gasteiger partial charge in [0.25, 0.3) is 0 Å². The van der Waals surface area contributed by atoms with Crippen LogP contribution in [0.15, 0.2) is 24.3 Å². The first-order valence-corrected chi connectivity index (χ1v) is 9.77. The van der Waals surface area contributed by atoms with E-state index in [1.54, 1.807) is 0 Å². The van der Waals surface area contributed by atoms with E-state index >= 15 is 0 Å². The lowest BCUT2D eigenvalue weighted by molar-refractivity contribution is -0.119. The van der Waals surface area contributed by atoms with E-state index in [-0.39, 0.29) is 23.6 Å². The summed E-state index contributed by atoms with van der Waals surface area (Å²) in [6, 6.07) is 8.04. The van der Waals surface area contributed by atoms with Gasteiger partial charge in [0.1, 0.15) is 5.75 Å². The summed E-state index contributed by atoms with van der Waals surface area (Å²) in [6.07, 6.45) is 4.04. The third-order valence-electron chi connectivity index (χ3n) is 3.89. The predicted molar refractivity (Wildman–Crippen MR) is 88.4 cm³/mol. The van der Waals surface area contributed by atoms with Gasteiger partial charge in [0, 0.05) is 0 Å². The first-order chi connectivity index (χ1) is 10.4. The smallest absolute Gasteiger partial charge is 0.235 e. The molecule has 2 rings (SSSR count). The number of benzene rings is 1. The van der Waals surface area contributed by atoms with Crippen LogP contribution in [0.2, 0.25) is 0 Å². The average molecular weight is 323 g/mol. The van der Waals surface area contributed by atoms with Crippen molar-refractivity contribution in [2.75, 3.05) is 11.5 Å². The van der Waals surface area contributed by atoms with Crippen LogP contribution in [-0.2, 0) is 21.1 Å². The molecular formula is C17H25NO3S. The topological polar surface area (TPSA) is 63.2 Å². The van der Waals surface area contributed by atoms with Crippen LogP contribution in [0.1, 0.15) is 50.3 Å². The average Bonchev–Trinajstić information content (AvgIpc) is 2.59. The highest BCUT2D eigenvalue weighted by atomic mass is 32.2. The Morgan fingerprint density at radius 1 is 1.27 bits per heavy atom. The molecule has 1 aliphatic rings. The van der Waals surface area contributed by atoms with Crippen LogP contribution in [-0.4, -0.2) is 25.8 Å². The van der Waals surface area contributed by atoms with E-state index in [0.717, 1.165) is 31.2 Å². The summed E-state index contributed by atoms with van der Waals surface area (Å²) >= 11 is 0. The molecular weight excluding hydrogens is 298 g/mol. The number of fused-ring (bicyclic) bond motifs is 1. The maximum absolute atomic E-state index is 12.1. The second-order valence-corrected chi connectivity index (χ2v) is 8.62. The molecule has 0 bridgehead atoms. The predicted octanol–water partition coefficient (Wildman–Crippen LogP) is 2.64. The minimum atomic E-state index is -3.33. The number of hydrogen-bond acceptors (Lipinski definition) is 3. The number of hydrogen-bond donors (Lipinski definition) is 1. The Balaban J connectivity index is 2.06. The van der Waals surface area contributed by atoms with Gasteiger partial charge in [-0.05, 0) is 36.3 Å². The maximum atomic E-state index is 12.1. The molecule has 1 amide bonds. The molecule has 0 aromatic heterocycles. The zero-order valence-electron chi connectivity index (χ0n) is 13.3. The molecule has 22 heavy (non-hydrogen) atoms. The van der Waals surface area contributed by atoms with Crippen LogP contribution in [0.5, 0.6) is 0 Å². The molecule has 1 atom stereocenters. The number of rotatable bonds is 5. The fourth-order valence-electron chi connectivity index (χ4n) is 3.07. The Morgan fingerprint density at radius 3 is 2.73 bits per heavy atom. The summed E-state index contributed by atoms with van der Waals surface area (Å²) in [5.74, 6) is -0.704. The van der Waals surface area contributed by atoms with E-state index in [1.807, 2.05) is 32.0 Å². The molecule has 0 aliphatic heterocycles. The summed E-state index contributed by atoms with van der Waals surface area (Å²) in [5, 5.41) is 2.93. The molecule has 122 valence electrons. The molecule has 5 heteroatoms. The van der Waals surface area contributed by atoms with Crippen LogP contribution in [0, 0.1) is 5.92 Å². The third-order valence-corrected chi connectivity index (χ3v) is 5.77. The summed E-state index contributed by atoms with van der Waals surface area (Å²) in [6.45, 7) is 3.69. The Morgan fingerprint density at radius 2 is 2.00 bits per heavy atom. The van der Waals surface area contributed by atoms with Gasteiger partial charge in [-0.25, -0.2) is 8.42 Å². The van der Waals surface area contributed by atoms with Crippen molar-refractivity contribution in [2.45, 2.75) is 45.6 Å². The molecule has 1 aliphatic carbocycles. The second-order valence-electron chi connectivity index (χ2n) is 6.51. The Labute approximate surface area is 133 Å². The summed E-state index contributed by atoms with van der Waals surface area (Å²) < 4.78 is 23.9. The maximum Gasteiger partial charge on any atom is 0.235 e. The molecule has 0 fully saturated rings. The van der Waals surface area contributed by atoms with Crippen molar-refractivity contribution in [1.29, 1.82) is 0 Å². The van der Waals surface area contributed by atoms with E-state index in [9.17, 15) is 13.2 Å². The first-order valence-electron chi connectivity index (χ1n) is 7.95. The molecule has 1 N–H and O–H groups in total. The number of sulfone groups is 1. The van der Waals surface area contributed by atoms with Crippen LogP contribution >= 0.6 is 0 Å². The highest BCUT2D eigenvalue weighted by molar-refractivity contribution is 7.92. The number of amides is 1. The third kappa shape index (κ3) is 4.83. The highest BCUT2D eigenvalue weighted by Crippen LogP contribution is 2.28. The first kappa shape index (κ1) is 17.0. The Kier molecular flexibility index (Phi) is 5.62. The Bertz CT molecular complexity index is 623. The minimum absolute atomic E-state index is 0.0383. The minimum Gasteiger partial charge on any atom is -0.348 e. The SMILES string of the molecule is CC(C)CS(=O)(=O)CC(=O)NC1CCCCc2ccccc21. The van der Waals surface area contributed by atoms with Crippen LogP contribution < -0.4 is 5.32 Å². The van der Waals surface area contributed by atoms with Gasteiger partial charge in [-0.2, -0.15) is 0 Å². The standard InChI is InChI=1S/C17H25NO3S/c1-13(2)11-22(20,21)12-17(19)18-16-10-6-4-8-14-7-3-5-9-15(14)16/h3,5,7,9,13,16H,4,6,8,10-12H2,1-2H3,(H,18,19). The number of carbonyl (C=O) groups is 1. The van der Waals surface area contributed by atoms with Gasteiger partial charge in [-0.3, -0.25) is 4.79 Å². The van der Waals surface area contributed by atoms with Crippen molar-refractivity contribution in [3.8, 4) is 0 Å². The zero-order valence-corrected chi connectivity index (χ0v) is 14.2. The van der Waals surface area contributed by atoms with Gasteiger partial charge < -0.3 is 5.32 Å². The molecule has 0 saturated carbocycles. The van der Waals surface area contributed by atoms with Gasteiger partial charge in [-0.15, -0.1) is 0 Å². The second kappa shape index (κ2) is 7.27. The lowest BCUT2D eigenvalue weighted by Gasteiger charge is -2.19. The molecule has 1 aromatic rings. The van der Waals surface area contributed by atoms with Crippen LogP contribution in [0.3, 0.4) is 0 Å². The van der Waals surface area contributed by atoms with E-state index in [4.69, 9.17) is 0 Å². The van der Waals surface area contributed by atoms with Crippen molar-refractivity contribution in [2.24, 2.45) is 5.92 Å². The van der Waals surface area contributed by atoms with E-state index in [2.05, 4.69) is 11.4 Å². The fourth-order valence-corrected chi connectivity index (χ4v) is 4.69. The van der Waals surface area contributed by atoms with Gasteiger partial charge in [0.05, 0.1) is 11.8 Å². The quantitative estimate of drug-likeness (QED) is 0.847. The summed E-state index contributed by atoms with van der Waals surface area (Å²) in [7, 11) is -3.33. The number of nitrogens with one attached hydrogen (secondary N) is 1. The van der Waals surface area contributed by atoms with Gasteiger partial charge >= 0.3 is 0 Å². The van der Waals surface area contributed by atoms with Crippen molar-refractivity contribution in [3.05, 3.63) is 35.4 Å². The molecule has 1 aromatic carbocycles.